The van der Waals surface area contributed by atoms with Crippen LogP contribution in [0.1, 0.15) is 44.7 Å². The minimum atomic E-state index is -3.63. The van der Waals surface area contributed by atoms with Crippen molar-refractivity contribution < 1.29 is 8.42 Å². The molecule has 0 spiro atoms. The van der Waals surface area contributed by atoms with E-state index in [4.69, 9.17) is 11.6 Å². The highest BCUT2D eigenvalue weighted by Gasteiger charge is 2.31. The van der Waals surface area contributed by atoms with Gasteiger partial charge in [-0.05, 0) is 62.1 Å². The number of benzene rings is 2. The number of halogens is 1. The van der Waals surface area contributed by atoms with Gasteiger partial charge in [-0.15, -0.1) is 11.6 Å². The van der Waals surface area contributed by atoms with Gasteiger partial charge in [0.15, 0.2) is 4.21 Å². The smallest absolute Gasteiger partial charge is 0.252 e. The zero-order valence-electron chi connectivity index (χ0n) is 15.5. The van der Waals surface area contributed by atoms with Crippen molar-refractivity contribution in [2.75, 3.05) is 10.0 Å². The number of sulfonamides is 1. The molecule has 6 heteroatoms. The van der Waals surface area contributed by atoms with E-state index in [0.29, 0.717) is 12.2 Å². The maximum absolute atomic E-state index is 12.1. The third kappa shape index (κ3) is 5.92. The lowest BCUT2D eigenvalue weighted by molar-refractivity contribution is 0.586. The lowest BCUT2D eigenvalue weighted by Crippen LogP contribution is -2.31. The second kappa shape index (κ2) is 8.78. The van der Waals surface area contributed by atoms with E-state index in [-0.39, 0.29) is 0 Å². The second-order valence-corrected chi connectivity index (χ2v) is 10.2. The highest BCUT2D eigenvalue weighted by molar-refractivity contribution is 7.95. The summed E-state index contributed by atoms with van der Waals surface area (Å²) in [6.45, 7) is 5.76. The number of hydrogen-bond acceptors (Lipinski definition) is 3. The van der Waals surface area contributed by atoms with Gasteiger partial charge in [-0.2, -0.15) is 0 Å². The molecule has 0 saturated heterocycles. The van der Waals surface area contributed by atoms with Crippen LogP contribution in [0.2, 0.25) is 0 Å². The van der Waals surface area contributed by atoms with Crippen LogP contribution in [0, 0.1) is 0 Å². The van der Waals surface area contributed by atoms with E-state index in [2.05, 4.69) is 41.2 Å². The first-order chi connectivity index (χ1) is 12.2. The molecule has 2 rings (SSSR count). The molecule has 4 nitrogen and oxygen atoms in total. The fourth-order valence-corrected chi connectivity index (χ4v) is 3.15. The van der Waals surface area contributed by atoms with E-state index < -0.39 is 14.2 Å². The molecule has 0 atom stereocenters. The quantitative estimate of drug-likeness (QED) is 0.563. The van der Waals surface area contributed by atoms with Crippen LogP contribution in [0.5, 0.6) is 0 Å². The van der Waals surface area contributed by atoms with E-state index in [1.807, 2.05) is 12.1 Å². The van der Waals surface area contributed by atoms with Crippen LogP contribution < -0.4 is 10.0 Å². The van der Waals surface area contributed by atoms with Crippen molar-refractivity contribution >= 4 is 33.0 Å². The van der Waals surface area contributed by atoms with E-state index in [0.717, 1.165) is 17.7 Å². The largest absolute Gasteiger partial charge is 0.381 e. The van der Waals surface area contributed by atoms with Gasteiger partial charge in [-0.25, -0.2) is 8.42 Å². The van der Waals surface area contributed by atoms with E-state index >= 15 is 0 Å². The average Bonchev–Trinajstić information content (AvgIpc) is 2.59. The van der Waals surface area contributed by atoms with Gasteiger partial charge in [0.25, 0.3) is 10.0 Å². The Bertz CT molecular complexity index is 795. The number of anilines is 2. The van der Waals surface area contributed by atoms with Crippen molar-refractivity contribution in [3.05, 3.63) is 59.7 Å². The van der Waals surface area contributed by atoms with Crippen LogP contribution in [0.15, 0.2) is 48.5 Å². The van der Waals surface area contributed by atoms with Crippen molar-refractivity contribution in [3.8, 4) is 0 Å². The number of aryl methyl sites for hydroxylation is 1. The molecule has 2 aromatic rings. The summed E-state index contributed by atoms with van der Waals surface area (Å²) >= 11 is 5.90. The van der Waals surface area contributed by atoms with Crippen LogP contribution in [0.25, 0.3) is 0 Å². The molecule has 142 valence electrons. The Hall–Kier alpha value is -1.72. The molecule has 0 aliphatic carbocycles. The third-order valence-corrected chi connectivity index (χ3v) is 6.51. The summed E-state index contributed by atoms with van der Waals surface area (Å²) < 4.78 is 25.2. The van der Waals surface area contributed by atoms with Crippen LogP contribution >= 0.6 is 11.6 Å². The van der Waals surface area contributed by atoms with Crippen molar-refractivity contribution in [2.45, 2.75) is 50.8 Å². The zero-order chi connectivity index (χ0) is 19.2. The van der Waals surface area contributed by atoms with Crippen LogP contribution in [0.3, 0.4) is 0 Å². The fourth-order valence-electron chi connectivity index (χ4n) is 2.34. The van der Waals surface area contributed by atoms with Gasteiger partial charge in [0.2, 0.25) is 0 Å². The Morgan fingerprint density at radius 1 is 0.923 bits per heavy atom. The topological polar surface area (TPSA) is 58.2 Å². The number of rotatable bonds is 9. The number of hydrogen-bond donors (Lipinski definition) is 2. The maximum Gasteiger partial charge on any atom is 0.252 e. The maximum atomic E-state index is 12.1. The van der Waals surface area contributed by atoms with Gasteiger partial charge in [0, 0.05) is 17.9 Å². The monoisotopic (exact) mass is 394 g/mol. The molecule has 0 aromatic heterocycles. The molecule has 0 amide bonds. The van der Waals surface area contributed by atoms with Crippen molar-refractivity contribution in [1.29, 1.82) is 0 Å². The van der Waals surface area contributed by atoms with Crippen molar-refractivity contribution in [1.82, 2.24) is 0 Å². The van der Waals surface area contributed by atoms with Crippen LogP contribution in [-0.2, 0) is 23.0 Å². The first-order valence-electron chi connectivity index (χ1n) is 8.84. The normalized spacial score (nSPS) is 12.0. The minimum Gasteiger partial charge on any atom is -0.381 e. The lowest BCUT2D eigenvalue weighted by atomic mass is 10.1. The van der Waals surface area contributed by atoms with E-state index in [1.165, 1.54) is 32.3 Å². The number of unbranched alkanes of at least 4 members (excludes halogenated alkanes) is 1. The first-order valence-corrected chi connectivity index (χ1v) is 10.7. The lowest BCUT2D eigenvalue weighted by Gasteiger charge is -2.18. The molecule has 0 radical (unpaired) electrons. The summed E-state index contributed by atoms with van der Waals surface area (Å²) in [5, 5.41) is 3.38. The molecule has 0 fully saturated rings. The van der Waals surface area contributed by atoms with Gasteiger partial charge in [-0.1, -0.05) is 37.6 Å². The van der Waals surface area contributed by atoms with Crippen LogP contribution in [-0.4, -0.2) is 12.6 Å². The first kappa shape index (κ1) is 20.6. The summed E-state index contributed by atoms with van der Waals surface area (Å²) in [4.78, 5) is 0. The molecule has 2 aromatic carbocycles. The predicted molar refractivity (Wildman–Crippen MR) is 111 cm³/mol. The Labute approximate surface area is 162 Å². The number of alkyl halides is 1. The van der Waals surface area contributed by atoms with Gasteiger partial charge in [0.05, 0.1) is 0 Å². The predicted octanol–water partition coefficient (Wildman–Crippen LogP) is 5.36. The van der Waals surface area contributed by atoms with Crippen molar-refractivity contribution in [2.24, 2.45) is 0 Å². The zero-order valence-corrected chi connectivity index (χ0v) is 17.1. The Kier molecular flexibility index (Phi) is 6.95. The molecule has 0 unspecified atom stereocenters. The summed E-state index contributed by atoms with van der Waals surface area (Å²) in [6, 6.07) is 15.8. The standard InChI is InChI=1S/C20H27ClN2O2S/c1-4-5-6-16-7-11-18(12-8-16)22-15-17-9-13-19(14-10-17)23-26(24,25)20(2,3)21/h7-14,22-23H,4-6,15H2,1-3H3. The summed E-state index contributed by atoms with van der Waals surface area (Å²) in [7, 11) is -3.63. The molecule has 0 aliphatic heterocycles. The third-order valence-electron chi connectivity index (χ3n) is 4.11. The fraction of sp³-hybridized carbons (Fsp3) is 0.400. The average molecular weight is 395 g/mol. The van der Waals surface area contributed by atoms with Crippen LogP contribution in [0.4, 0.5) is 11.4 Å². The molecular formula is C20H27ClN2O2S. The molecule has 0 heterocycles. The van der Waals surface area contributed by atoms with E-state index in [9.17, 15) is 8.42 Å². The van der Waals surface area contributed by atoms with Gasteiger partial charge < -0.3 is 5.32 Å². The minimum absolute atomic E-state index is 0.503. The van der Waals surface area contributed by atoms with E-state index in [1.54, 1.807) is 12.1 Å². The SMILES string of the molecule is CCCCc1ccc(NCc2ccc(NS(=O)(=O)C(C)(C)Cl)cc2)cc1. The van der Waals surface area contributed by atoms with Gasteiger partial charge >= 0.3 is 0 Å². The van der Waals surface area contributed by atoms with Gasteiger partial charge in [-0.3, -0.25) is 4.72 Å². The summed E-state index contributed by atoms with van der Waals surface area (Å²) in [5.41, 5.74) is 3.99. The Morgan fingerprint density at radius 3 is 2.00 bits per heavy atom. The molecule has 0 bridgehead atoms. The Balaban J connectivity index is 1.91. The molecule has 2 N–H and O–H groups in total. The molecular weight excluding hydrogens is 368 g/mol. The highest BCUT2D eigenvalue weighted by Crippen LogP contribution is 2.24. The van der Waals surface area contributed by atoms with Gasteiger partial charge in [0.1, 0.15) is 0 Å². The second-order valence-electron chi connectivity index (χ2n) is 6.82. The number of nitrogens with one attached hydrogen (secondary N) is 2. The summed E-state index contributed by atoms with van der Waals surface area (Å²) in [5.74, 6) is 0. The molecule has 26 heavy (non-hydrogen) atoms. The molecule has 0 saturated carbocycles. The summed E-state index contributed by atoms with van der Waals surface area (Å²) in [6.07, 6.45) is 3.53. The highest BCUT2D eigenvalue weighted by atomic mass is 35.5. The Morgan fingerprint density at radius 2 is 1.46 bits per heavy atom. The van der Waals surface area contributed by atoms with Crippen molar-refractivity contribution in [3.63, 3.8) is 0 Å². The molecule has 0 aliphatic rings.